The van der Waals surface area contributed by atoms with Gasteiger partial charge >= 0.3 is 0 Å². The smallest absolute Gasteiger partial charge is 0.203 e. The van der Waals surface area contributed by atoms with Crippen LogP contribution in [-0.4, -0.2) is 16.1 Å². The summed E-state index contributed by atoms with van der Waals surface area (Å²) < 4.78 is 2.04. The summed E-state index contributed by atoms with van der Waals surface area (Å²) in [6, 6.07) is 0. The van der Waals surface area contributed by atoms with Crippen molar-refractivity contribution in [2.45, 2.75) is 20.4 Å². The lowest BCUT2D eigenvalue weighted by Crippen LogP contribution is -2.12. The lowest BCUT2D eigenvalue weighted by Gasteiger charge is -2.09. The third-order valence-corrected chi connectivity index (χ3v) is 1.71. The van der Waals surface area contributed by atoms with Gasteiger partial charge < -0.3 is 9.88 Å². The maximum atomic E-state index is 4.21. The van der Waals surface area contributed by atoms with Crippen molar-refractivity contribution in [1.29, 1.82) is 0 Å². The molecule has 0 amide bonds. The molecule has 0 aliphatic rings. The summed E-state index contributed by atoms with van der Waals surface area (Å²) in [4.78, 5) is 4.21. The molecule has 3 nitrogen and oxygen atoms in total. The molecular formula is C10H17N3. The second-order valence-corrected chi connectivity index (χ2v) is 3.47. The van der Waals surface area contributed by atoms with E-state index in [-0.39, 0.29) is 0 Å². The van der Waals surface area contributed by atoms with Crippen LogP contribution in [0.2, 0.25) is 0 Å². The van der Waals surface area contributed by atoms with Gasteiger partial charge in [-0.05, 0) is 5.92 Å². The average molecular weight is 179 g/mol. The molecule has 0 spiro atoms. The van der Waals surface area contributed by atoms with Gasteiger partial charge in [-0.2, -0.15) is 0 Å². The summed E-state index contributed by atoms with van der Waals surface area (Å²) in [6.07, 6.45) is 5.61. The molecule has 72 valence electrons. The topological polar surface area (TPSA) is 29.9 Å². The second kappa shape index (κ2) is 4.70. The molecular weight excluding hydrogens is 162 g/mol. The molecule has 0 saturated heterocycles. The van der Waals surface area contributed by atoms with E-state index in [0.29, 0.717) is 5.92 Å². The molecule has 0 aromatic carbocycles. The van der Waals surface area contributed by atoms with Gasteiger partial charge in [-0.1, -0.05) is 19.9 Å². The molecule has 0 radical (unpaired) electrons. The zero-order chi connectivity index (χ0) is 9.68. The Labute approximate surface area is 79.5 Å². The molecule has 1 heterocycles. The number of nitrogens with zero attached hydrogens (tertiary/aromatic N) is 2. The minimum Gasteiger partial charge on any atom is -0.355 e. The van der Waals surface area contributed by atoms with E-state index >= 15 is 0 Å². The Kier molecular flexibility index (Phi) is 3.55. The van der Waals surface area contributed by atoms with Crippen molar-refractivity contribution in [3.63, 3.8) is 0 Å². The van der Waals surface area contributed by atoms with Gasteiger partial charge in [0.1, 0.15) is 0 Å². The lowest BCUT2D eigenvalue weighted by molar-refractivity contribution is 0.677. The van der Waals surface area contributed by atoms with Gasteiger partial charge in [0.15, 0.2) is 0 Å². The second-order valence-electron chi connectivity index (χ2n) is 3.47. The highest BCUT2D eigenvalue weighted by molar-refractivity contribution is 5.26. The van der Waals surface area contributed by atoms with Gasteiger partial charge in [-0.3, -0.25) is 0 Å². The lowest BCUT2D eigenvalue weighted by atomic mass is 10.2. The number of aromatic nitrogens is 2. The van der Waals surface area contributed by atoms with E-state index in [1.54, 1.807) is 6.20 Å². The highest BCUT2D eigenvalue weighted by atomic mass is 15.2. The molecule has 0 bridgehead atoms. The van der Waals surface area contributed by atoms with Crippen LogP contribution < -0.4 is 5.32 Å². The van der Waals surface area contributed by atoms with Crippen LogP contribution >= 0.6 is 0 Å². The van der Waals surface area contributed by atoms with E-state index in [1.807, 2.05) is 16.8 Å². The summed E-state index contributed by atoms with van der Waals surface area (Å²) in [7, 11) is 0. The summed E-state index contributed by atoms with van der Waals surface area (Å²) in [5, 5.41) is 3.28. The van der Waals surface area contributed by atoms with Crippen molar-refractivity contribution in [1.82, 2.24) is 9.55 Å². The first-order chi connectivity index (χ1) is 6.24. The van der Waals surface area contributed by atoms with Crippen LogP contribution in [0.15, 0.2) is 25.0 Å². The quantitative estimate of drug-likeness (QED) is 0.702. The first-order valence-corrected chi connectivity index (χ1v) is 4.60. The van der Waals surface area contributed by atoms with E-state index in [2.05, 4.69) is 30.7 Å². The Balaban J connectivity index is 2.54. The molecule has 1 rings (SSSR count). The van der Waals surface area contributed by atoms with E-state index in [0.717, 1.165) is 19.0 Å². The molecule has 1 N–H and O–H groups in total. The fourth-order valence-electron chi connectivity index (χ4n) is 1.06. The van der Waals surface area contributed by atoms with Crippen molar-refractivity contribution >= 4 is 5.95 Å². The predicted molar refractivity (Wildman–Crippen MR) is 55.8 cm³/mol. The number of hydrogen-bond acceptors (Lipinski definition) is 2. The largest absolute Gasteiger partial charge is 0.355 e. The van der Waals surface area contributed by atoms with Gasteiger partial charge in [0.2, 0.25) is 5.95 Å². The van der Waals surface area contributed by atoms with Gasteiger partial charge in [0, 0.05) is 25.5 Å². The number of rotatable bonds is 5. The number of anilines is 1. The summed E-state index contributed by atoms with van der Waals surface area (Å²) in [5.41, 5.74) is 0. The fourth-order valence-corrected chi connectivity index (χ4v) is 1.06. The molecule has 3 heteroatoms. The zero-order valence-electron chi connectivity index (χ0n) is 8.33. The molecule has 0 saturated carbocycles. The van der Waals surface area contributed by atoms with Gasteiger partial charge in [-0.15, -0.1) is 6.58 Å². The maximum absolute atomic E-state index is 4.21. The molecule has 1 aromatic rings. The molecule has 0 fully saturated rings. The van der Waals surface area contributed by atoms with Crippen LogP contribution in [0.5, 0.6) is 0 Å². The molecule has 1 aromatic heterocycles. The average Bonchev–Trinajstić information content (AvgIpc) is 2.49. The van der Waals surface area contributed by atoms with Crippen LogP contribution in [0, 0.1) is 5.92 Å². The molecule has 0 aliphatic carbocycles. The van der Waals surface area contributed by atoms with E-state index in [4.69, 9.17) is 0 Å². The summed E-state index contributed by atoms with van der Waals surface area (Å²) in [5.74, 6) is 1.56. The Morgan fingerprint density at radius 3 is 3.08 bits per heavy atom. The number of hydrogen-bond donors (Lipinski definition) is 1. The SMILES string of the molecule is C=CCn1ccnc1NCC(C)C. The minimum atomic E-state index is 0.633. The Morgan fingerprint density at radius 1 is 1.69 bits per heavy atom. The van der Waals surface area contributed by atoms with E-state index in [1.165, 1.54) is 0 Å². The van der Waals surface area contributed by atoms with Crippen molar-refractivity contribution in [3.05, 3.63) is 25.0 Å². The van der Waals surface area contributed by atoms with Crippen molar-refractivity contribution < 1.29 is 0 Å². The number of nitrogens with one attached hydrogen (secondary N) is 1. The normalized spacial score (nSPS) is 10.4. The third-order valence-electron chi connectivity index (χ3n) is 1.71. The van der Waals surface area contributed by atoms with Crippen molar-refractivity contribution in [2.75, 3.05) is 11.9 Å². The van der Waals surface area contributed by atoms with Crippen LogP contribution in [0.1, 0.15) is 13.8 Å². The predicted octanol–water partition coefficient (Wildman–Crippen LogP) is 2.14. The summed E-state index contributed by atoms with van der Waals surface area (Å²) in [6.45, 7) is 9.80. The fraction of sp³-hybridized carbons (Fsp3) is 0.500. The molecule has 0 aliphatic heterocycles. The summed E-state index contributed by atoms with van der Waals surface area (Å²) >= 11 is 0. The van der Waals surface area contributed by atoms with Crippen LogP contribution in [0.3, 0.4) is 0 Å². The molecule has 13 heavy (non-hydrogen) atoms. The van der Waals surface area contributed by atoms with Gasteiger partial charge in [0.25, 0.3) is 0 Å². The van der Waals surface area contributed by atoms with Crippen LogP contribution in [0.25, 0.3) is 0 Å². The van der Waals surface area contributed by atoms with E-state index in [9.17, 15) is 0 Å². The first kappa shape index (κ1) is 9.84. The maximum Gasteiger partial charge on any atom is 0.203 e. The van der Waals surface area contributed by atoms with Crippen LogP contribution in [0.4, 0.5) is 5.95 Å². The highest BCUT2D eigenvalue weighted by Crippen LogP contribution is 2.05. The standard InChI is InChI=1S/C10H17N3/c1-4-6-13-7-5-11-10(13)12-8-9(2)3/h4-5,7,9H,1,6,8H2,2-3H3,(H,11,12). The van der Waals surface area contributed by atoms with Crippen molar-refractivity contribution in [2.24, 2.45) is 5.92 Å². The molecule has 0 unspecified atom stereocenters. The zero-order valence-corrected chi connectivity index (χ0v) is 8.33. The minimum absolute atomic E-state index is 0.633. The third kappa shape index (κ3) is 2.93. The van der Waals surface area contributed by atoms with Crippen molar-refractivity contribution in [3.8, 4) is 0 Å². The highest BCUT2D eigenvalue weighted by Gasteiger charge is 2.00. The first-order valence-electron chi connectivity index (χ1n) is 4.60. The van der Waals surface area contributed by atoms with E-state index < -0.39 is 0 Å². The molecule has 0 atom stereocenters. The number of imidazole rings is 1. The number of allylic oxidation sites excluding steroid dienone is 1. The monoisotopic (exact) mass is 179 g/mol. The van der Waals surface area contributed by atoms with Gasteiger partial charge in [-0.25, -0.2) is 4.98 Å². The Hall–Kier alpha value is -1.25. The van der Waals surface area contributed by atoms with Gasteiger partial charge in [0.05, 0.1) is 0 Å². The Morgan fingerprint density at radius 2 is 2.46 bits per heavy atom. The van der Waals surface area contributed by atoms with Crippen LogP contribution in [-0.2, 0) is 6.54 Å². The Bertz CT molecular complexity index is 263.